The lowest BCUT2D eigenvalue weighted by Crippen LogP contribution is -2.41. The number of rotatable bonds is 4. The Balaban J connectivity index is 2.28. The van der Waals surface area contributed by atoms with Gasteiger partial charge in [-0.15, -0.1) is 0 Å². The number of benzene rings is 1. The molecule has 1 aromatic rings. The molecule has 1 unspecified atom stereocenters. The van der Waals surface area contributed by atoms with E-state index in [4.69, 9.17) is 20.9 Å². The van der Waals surface area contributed by atoms with E-state index >= 15 is 0 Å². The number of hydrogen-bond donors (Lipinski definition) is 2. The third-order valence-corrected chi connectivity index (χ3v) is 4.41. The summed E-state index contributed by atoms with van der Waals surface area (Å²) >= 11 is 0. The summed E-state index contributed by atoms with van der Waals surface area (Å²) in [5.74, 6) is -0.549. The maximum absolute atomic E-state index is 12.0. The maximum atomic E-state index is 12.0. The van der Waals surface area contributed by atoms with Gasteiger partial charge in [0, 0.05) is 6.07 Å². The largest absolute Gasteiger partial charge is 0.486 e. The van der Waals surface area contributed by atoms with Crippen molar-refractivity contribution in [2.24, 2.45) is 11.5 Å². The number of primary amides is 1. The van der Waals surface area contributed by atoms with E-state index in [1.165, 1.54) is 18.2 Å². The Labute approximate surface area is 110 Å². The van der Waals surface area contributed by atoms with Gasteiger partial charge in [-0.2, -0.15) is 0 Å². The van der Waals surface area contributed by atoms with Gasteiger partial charge in [0.05, 0.1) is 16.7 Å². The average Bonchev–Trinajstić information content (AvgIpc) is 2.37. The molecule has 0 aliphatic carbocycles. The molecule has 0 saturated heterocycles. The summed E-state index contributed by atoms with van der Waals surface area (Å²) in [6, 6.07) is 3.02. The molecule has 1 amide bonds. The highest BCUT2D eigenvalue weighted by Crippen LogP contribution is 2.32. The SMILES string of the molecule is NC(=O)C(N)CS(=O)(=O)c1ccc2c(c1)OCCO2. The number of nitrogens with two attached hydrogens (primary N) is 2. The van der Waals surface area contributed by atoms with E-state index in [-0.39, 0.29) is 4.90 Å². The zero-order valence-electron chi connectivity index (χ0n) is 10.0. The minimum absolute atomic E-state index is 0.0217. The van der Waals surface area contributed by atoms with Crippen LogP contribution < -0.4 is 20.9 Å². The number of hydrogen-bond acceptors (Lipinski definition) is 6. The second-order valence-corrected chi connectivity index (χ2v) is 6.13. The molecule has 1 aliphatic heterocycles. The number of sulfone groups is 1. The summed E-state index contributed by atoms with van der Waals surface area (Å²) in [6.45, 7) is 0.781. The highest BCUT2D eigenvalue weighted by molar-refractivity contribution is 7.91. The standard InChI is InChI=1S/C11H14N2O5S/c12-8(11(13)14)6-19(15,16)7-1-2-9-10(5-7)18-4-3-17-9/h1-2,5,8H,3-4,6,12H2,(H2,13,14). The van der Waals surface area contributed by atoms with Crippen molar-refractivity contribution >= 4 is 15.7 Å². The van der Waals surface area contributed by atoms with E-state index in [0.29, 0.717) is 24.7 Å². The molecule has 0 bridgehead atoms. The summed E-state index contributed by atoms with van der Waals surface area (Å²) in [5, 5.41) is 0. The molecule has 1 heterocycles. The van der Waals surface area contributed by atoms with Gasteiger partial charge in [0.1, 0.15) is 13.2 Å². The molecule has 0 saturated carbocycles. The van der Waals surface area contributed by atoms with Crippen LogP contribution in [0, 0.1) is 0 Å². The van der Waals surface area contributed by atoms with Crippen molar-refractivity contribution in [3.63, 3.8) is 0 Å². The Hall–Kier alpha value is -1.80. The van der Waals surface area contributed by atoms with E-state index in [1.54, 1.807) is 0 Å². The highest BCUT2D eigenvalue weighted by Gasteiger charge is 2.24. The van der Waals surface area contributed by atoms with Crippen LogP contribution in [0.3, 0.4) is 0 Å². The third-order valence-electron chi connectivity index (χ3n) is 2.64. The Morgan fingerprint density at radius 1 is 1.26 bits per heavy atom. The predicted octanol–water partition coefficient (Wildman–Crippen LogP) is -0.956. The molecule has 7 nitrogen and oxygen atoms in total. The number of ether oxygens (including phenoxy) is 2. The molecule has 104 valence electrons. The predicted molar refractivity (Wildman–Crippen MR) is 66.7 cm³/mol. The van der Waals surface area contributed by atoms with Crippen molar-refractivity contribution in [2.75, 3.05) is 19.0 Å². The number of carbonyl (C=O) groups excluding carboxylic acids is 1. The van der Waals surface area contributed by atoms with Gasteiger partial charge in [0.15, 0.2) is 21.3 Å². The van der Waals surface area contributed by atoms with Crippen molar-refractivity contribution in [1.29, 1.82) is 0 Å². The van der Waals surface area contributed by atoms with Gasteiger partial charge in [0.25, 0.3) is 0 Å². The average molecular weight is 286 g/mol. The second kappa shape index (κ2) is 5.06. The van der Waals surface area contributed by atoms with Crippen LogP contribution in [0.25, 0.3) is 0 Å². The fraction of sp³-hybridized carbons (Fsp3) is 0.364. The first-order valence-corrected chi connectivity index (χ1v) is 7.23. The van der Waals surface area contributed by atoms with Gasteiger partial charge < -0.3 is 20.9 Å². The monoisotopic (exact) mass is 286 g/mol. The molecule has 1 aliphatic rings. The van der Waals surface area contributed by atoms with Crippen LogP contribution >= 0.6 is 0 Å². The number of fused-ring (bicyclic) bond motifs is 1. The van der Waals surface area contributed by atoms with Crippen molar-refractivity contribution in [3.05, 3.63) is 18.2 Å². The van der Waals surface area contributed by atoms with Crippen molar-refractivity contribution in [3.8, 4) is 11.5 Å². The fourth-order valence-electron chi connectivity index (χ4n) is 1.63. The van der Waals surface area contributed by atoms with E-state index < -0.39 is 27.5 Å². The first-order valence-electron chi connectivity index (χ1n) is 5.57. The molecule has 8 heteroatoms. The Bertz CT molecular complexity index is 599. The zero-order valence-corrected chi connectivity index (χ0v) is 10.9. The van der Waals surface area contributed by atoms with Gasteiger partial charge in [-0.25, -0.2) is 8.42 Å². The lowest BCUT2D eigenvalue weighted by atomic mass is 10.3. The van der Waals surface area contributed by atoms with Crippen LogP contribution in [0.5, 0.6) is 11.5 Å². The Morgan fingerprint density at radius 3 is 2.53 bits per heavy atom. The van der Waals surface area contributed by atoms with Gasteiger partial charge in [-0.3, -0.25) is 4.79 Å². The molecule has 2 rings (SSSR count). The topological polar surface area (TPSA) is 122 Å². The van der Waals surface area contributed by atoms with Crippen LogP contribution in [-0.4, -0.2) is 39.3 Å². The summed E-state index contributed by atoms with van der Waals surface area (Å²) < 4.78 is 34.7. The van der Waals surface area contributed by atoms with Gasteiger partial charge in [0.2, 0.25) is 5.91 Å². The van der Waals surface area contributed by atoms with E-state index in [9.17, 15) is 13.2 Å². The molecular formula is C11H14N2O5S. The van der Waals surface area contributed by atoms with Crippen LogP contribution in [0.1, 0.15) is 0 Å². The first-order chi connectivity index (χ1) is 8.90. The summed E-state index contributed by atoms with van der Waals surface area (Å²) in [6.07, 6.45) is 0. The summed E-state index contributed by atoms with van der Waals surface area (Å²) in [5.41, 5.74) is 10.3. The highest BCUT2D eigenvalue weighted by atomic mass is 32.2. The molecule has 1 atom stereocenters. The molecule has 0 radical (unpaired) electrons. The van der Waals surface area contributed by atoms with Crippen molar-refractivity contribution in [1.82, 2.24) is 0 Å². The quantitative estimate of drug-likeness (QED) is 0.735. The molecule has 4 N–H and O–H groups in total. The van der Waals surface area contributed by atoms with Crippen molar-refractivity contribution in [2.45, 2.75) is 10.9 Å². The lowest BCUT2D eigenvalue weighted by Gasteiger charge is -2.19. The van der Waals surface area contributed by atoms with E-state index in [1.807, 2.05) is 0 Å². The van der Waals surface area contributed by atoms with Crippen LogP contribution in [0.2, 0.25) is 0 Å². The fourth-order valence-corrected chi connectivity index (χ4v) is 3.02. The van der Waals surface area contributed by atoms with E-state index in [0.717, 1.165) is 0 Å². The van der Waals surface area contributed by atoms with Crippen LogP contribution in [0.15, 0.2) is 23.1 Å². The van der Waals surface area contributed by atoms with Gasteiger partial charge >= 0.3 is 0 Å². The molecule has 0 fully saturated rings. The molecule has 0 spiro atoms. The normalized spacial score (nSPS) is 15.8. The van der Waals surface area contributed by atoms with Crippen molar-refractivity contribution < 1.29 is 22.7 Å². The van der Waals surface area contributed by atoms with Crippen LogP contribution in [0.4, 0.5) is 0 Å². The Morgan fingerprint density at radius 2 is 1.89 bits per heavy atom. The number of carbonyl (C=O) groups is 1. The molecular weight excluding hydrogens is 272 g/mol. The molecule has 1 aromatic carbocycles. The third kappa shape index (κ3) is 2.96. The van der Waals surface area contributed by atoms with Crippen LogP contribution in [-0.2, 0) is 14.6 Å². The maximum Gasteiger partial charge on any atom is 0.235 e. The lowest BCUT2D eigenvalue weighted by molar-refractivity contribution is -0.118. The van der Waals surface area contributed by atoms with E-state index in [2.05, 4.69) is 0 Å². The second-order valence-electron chi connectivity index (χ2n) is 4.10. The Kier molecular flexibility index (Phi) is 3.63. The molecule has 0 aromatic heterocycles. The minimum Gasteiger partial charge on any atom is -0.486 e. The zero-order chi connectivity index (χ0) is 14.0. The minimum atomic E-state index is -3.70. The first kappa shape index (κ1) is 13.6. The molecule has 19 heavy (non-hydrogen) atoms. The smallest absolute Gasteiger partial charge is 0.235 e. The van der Waals surface area contributed by atoms with Gasteiger partial charge in [-0.1, -0.05) is 0 Å². The number of amides is 1. The van der Waals surface area contributed by atoms with Gasteiger partial charge in [-0.05, 0) is 12.1 Å². The summed E-state index contributed by atoms with van der Waals surface area (Å²) in [4.78, 5) is 10.9. The summed E-state index contributed by atoms with van der Waals surface area (Å²) in [7, 11) is -3.70.